The number of nitrogens with one attached hydrogen (secondary N) is 2. The molecule has 0 aromatic heterocycles. The Kier molecular flexibility index (Phi) is 6.13. The minimum Gasteiger partial charge on any atom is -0.320 e. The van der Waals surface area contributed by atoms with E-state index >= 15 is 0 Å². The maximum atomic E-state index is 12.2. The summed E-state index contributed by atoms with van der Waals surface area (Å²) in [5, 5.41) is 16.2. The number of aryl methyl sites for hydroxylation is 1. The summed E-state index contributed by atoms with van der Waals surface area (Å²) in [7, 11) is 0. The lowest BCUT2D eigenvalue weighted by Crippen LogP contribution is -2.28. The number of hydrogen-bond acceptors (Lipinski definition) is 6. The highest BCUT2D eigenvalue weighted by Gasteiger charge is 2.32. The number of carbonyl (C=O) groups excluding carboxylic acids is 2. The van der Waals surface area contributed by atoms with Crippen molar-refractivity contribution in [1.82, 2.24) is 5.32 Å². The van der Waals surface area contributed by atoms with Crippen LogP contribution in [0.15, 0.2) is 23.2 Å². The largest absolute Gasteiger partial charge is 0.320 e. The first kappa shape index (κ1) is 18.9. The van der Waals surface area contributed by atoms with E-state index < -0.39 is 16.1 Å². The van der Waals surface area contributed by atoms with Crippen molar-refractivity contribution < 1.29 is 14.5 Å². The predicted octanol–water partition coefficient (Wildman–Crippen LogP) is 2.62. The second-order valence-corrected chi connectivity index (χ2v) is 7.01. The van der Waals surface area contributed by atoms with Gasteiger partial charge in [-0.2, -0.15) is 0 Å². The molecule has 1 heterocycles. The number of thioether (sulfide) groups is 1. The van der Waals surface area contributed by atoms with Crippen LogP contribution in [0.1, 0.15) is 32.3 Å². The van der Waals surface area contributed by atoms with E-state index in [0.717, 1.165) is 12.0 Å². The van der Waals surface area contributed by atoms with Crippen LogP contribution < -0.4 is 10.6 Å². The Morgan fingerprint density at radius 2 is 2.24 bits per heavy atom. The number of nitro groups is 1. The molecular formula is C16H20N4O4S. The molecule has 1 aliphatic heterocycles. The third kappa shape index (κ3) is 5.02. The molecule has 8 nitrogen and oxygen atoms in total. The van der Waals surface area contributed by atoms with Crippen LogP contribution in [-0.2, 0) is 9.59 Å². The van der Waals surface area contributed by atoms with Crippen molar-refractivity contribution >= 4 is 40.1 Å². The third-order valence-electron chi connectivity index (χ3n) is 3.70. The Labute approximate surface area is 149 Å². The molecule has 0 spiro atoms. The molecule has 0 bridgehead atoms. The number of carbonyl (C=O) groups is 2. The number of rotatable bonds is 6. The molecule has 9 heteroatoms. The van der Waals surface area contributed by atoms with Gasteiger partial charge < -0.3 is 10.6 Å². The summed E-state index contributed by atoms with van der Waals surface area (Å²) >= 11 is 1.21. The zero-order valence-electron chi connectivity index (χ0n) is 14.2. The van der Waals surface area contributed by atoms with E-state index in [-0.39, 0.29) is 29.7 Å². The summed E-state index contributed by atoms with van der Waals surface area (Å²) in [4.78, 5) is 39.1. The number of nitrogens with zero attached hydrogens (tertiary/aromatic N) is 2. The molecule has 1 aromatic rings. The maximum Gasteiger partial charge on any atom is 0.293 e. The highest BCUT2D eigenvalue weighted by molar-refractivity contribution is 8.15. The summed E-state index contributed by atoms with van der Waals surface area (Å²) in [6.07, 6.45) is 0.767. The first-order valence-corrected chi connectivity index (χ1v) is 8.78. The number of amidine groups is 1. The summed E-state index contributed by atoms with van der Waals surface area (Å²) in [5.41, 5.74) is 0.676. The highest BCUT2D eigenvalue weighted by Crippen LogP contribution is 2.27. The first-order chi connectivity index (χ1) is 11.8. The average Bonchev–Trinajstić information content (AvgIpc) is 2.87. The van der Waals surface area contributed by atoms with Gasteiger partial charge in [0.15, 0.2) is 5.17 Å². The molecule has 1 aliphatic rings. The number of aliphatic imine (C=N–C) groups is 1. The molecule has 2 N–H and O–H groups in total. The van der Waals surface area contributed by atoms with Crippen LogP contribution in [0.5, 0.6) is 0 Å². The Bertz CT molecular complexity index is 735. The quantitative estimate of drug-likeness (QED) is 0.595. The Hall–Kier alpha value is -2.42. The third-order valence-corrected chi connectivity index (χ3v) is 4.80. The van der Waals surface area contributed by atoms with Crippen LogP contribution in [0.2, 0.25) is 0 Å². The van der Waals surface area contributed by atoms with Crippen molar-refractivity contribution in [2.75, 3.05) is 5.32 Å². The van der Waals surface area contributed by atoms with Crippen molar-refractivity contribution in [2.24, 2.45) is 4.99 Å². The van der Waals surface area contributed by atoms with Gasteiger partial charge in [0.05, 0.1) is 4.92 Å². The summed E-state index contributed by atoms with van der Waals surface area (Å²) in [5.74, 6) is -0.731. The van der Waals surface area contributed by atoms with E-state index in [9.17, 15) is 19.7 Å². The summed E-state index contributed by atoms with van der Waals surface area (Å²) in [6, 6.07) is 4.65. The standard InChI is InChI=1S/C16H20N4O4S/c1-4-10(3)17-16-19-15(22)13(25-16)8-14(21)18-11-6-5-9(2)7-12(11)20(23)24/h5-7,10,13H,4,8H2,1-3H3,(H,18,21)(H,17,19,22)/t10-,13+/m0/s1. The minimum absolute atomic E-state index is 0.0823. The molecule has 25 heavy (non-hydrogen) atoms. The Morgan fingerprint density at radius 1 is 1.52 bits per heavy atom. The van der Waals surface area contributed by atoms with E-state index in [4.69, 9.17) is 0 Å². The van der Waals surface area contributed by atoms with E-state index in [1.54, 1.807) is 13.0 Å². The van der Waals surface area contributed by atoms with Crippen LogP contribution in [0, 0.1) is 17.0 Å². The lowest BCUT2D eigenvalue weighted by molar-refractivity contribution is -0.384. The van der Waals surface area contributed by atoms with E-state index in [2.05, 4.69) is 15.6 Å². The molecule has 134 valence electrons. The van der Waals surface area contributed by atoms with Crippen molar-refractivity contribution in [1.29, 1.82) is 0 Å². The van der Waals surface area contributed by atoms with Gasteiger partial charge in [-0.15, -0.1) is 0 Å². The zero-order valence-corrected chi connectivity index (χ0v) is 15.1. The van der Waals surface area contributed by atoms with Gasteiger partial charge in [0.2, 0.25) is 11.8 Å². The lowest BCUT2D eigenvalue weighted by Gasteiger charge is -2.08. The van der Waals surface area contributed by atoms with Crippen molar-refractivity contribution in [3.05, 3.63) is 33.9 Å². The first-order valence-electron chi connectivity index (χ1n) is 7.90. The highest BCUT2D eigenvalue weighted by atomic mass is 32.2. The zero-order chi connectivity index (χ0) is 18.6. The number of anilines is 1. The number of benzene rings is 1. The number of amides is 2. The topological polar surface area (TPSA) is 114 Å². The van der Waals surface area contributed by atoms with Gasteiger partial charge >= 0.3 is 0 Å². The number of hydrogen-bond donors (Lipinski definition) is 2. The summed E-state index contributed by atoms with van der Waals surface area (Å²) in [6.45, 7) is 5.67. The fourth-order valence-electron chi connectivity index (χ4n) is 2.16. The Balaban J connectivity index is 2.03. The predicted molar refractivity (Wildman–Crippen MR) is 97.8 cm³/mol. The second-order valence-electron chi connectivity index (χ2n) is 5.82. The van der Waals surface area contributed by atoms with Gasteiger partial charge in [-0.05, 0) is 31.9 Å². The molecule has 0 aliphatic carbocycles. The summed E-state index contributed by atoms with van der Waals surface area (Å²) < 4.78 is 0. The van der Waals surface area contributed by atoms with Crippen LogP contribution in [0.3, 0.4) is 0 Å². The average molecular weight is 364 g/mol. The minimum atomic E-state index is -0.590. The molecule has 1 saturated heterocycles. The van der Waals surface area contributed by atoms with Crippen LogP contribution in [-0.4, -0.2) is 33.2 Å². The van der Waals surface area contributed by atoms with Crippen molar-refractivity contribution in [2.45, 2.75) is 44.9 Å². The van der Waals surface area contributed by atoms with E-state index in [1.165, 1.54) is 23.9 Å². The van der Waals surface area contributed by atoms with Crippen molar-refractivity contribution in [3.63, 3.8) is 0 Å². The fourth-order valence-corrected chi connectivity index (χ4v) is 3.23. The number of nitro benzene ring substituents is 1. The van der Waals surface area contributed by atoms with Gasteiger partial charge in [-0.25, -0.2) is 0 Å². The van der Waals surface area contributed by atoms with Crippen molar-refractivity contribution in [3.8, 4) is 0 Å². The molecule has 2 rings (SSSR count). The Morgan fingerprint density at radius 3 is 2.88 bits per heavy atom. The fraction of sp³-hybridized carbons (Fsp3) is 0.438. The van der Waals surface area contributed by atoms with Gasteiger partial charge in [0, 0.05) is 18.5 Å². The molecular weight excluding hydrogens is 344 g/mol. The molecule has 2 atom stereocenters. The maximum absolute atomic E-state index is 12.2. The van der Waals surface area contributed by atoms with Gasteiger partial charge in [-0.3, -0.25) is 24.7 Å². The molecule has 0 unspecified atom stereocenters. The van der Waals surface area contributed by atoms with E-state index in [0.29, 0.717) is 5.17 Å². The molecule has 1 fully saturated rings. The smallest absolute Gasteiger partial charge is 0.293 e. The van der Waals surface area contributed by atoms with Crippen LogP contribution >= 0.6 is 11.8 Å². The normalized spacial score (nSPS) is 19.6. The SMILES string of the molecule is CC[C@H](C)N=C1NC(=O)[C@@H](CC(=O)Nc2ccc(C)cc2[N+](=O)[O-])S1. The van der Waals surface area contributed by atoms with Gasteiger partial charge in [0.25, 0.3) is 5.69 Å². The van der Waals surface area contributed by atoms with Crippen LogP contribution in [0.4, 0.5) is 11.4 Å². The lowest BCUT2D eigenvalue weighted by atomic mass is 10.2. The second kappa shape index (κ2) is 8.11. The molecule has 1 aromatic carbocycles. The molecule has 0 saturated carbocycles. The van der Waals surface area contributed by atoms with Gasteiger partial charge in [0.1, 0.15) is 10.9 Å². The van der Waals surface area contributed by atoms with E-state index in [1.807, 2.05) is 13.8 Å². The van der Waals surface area contributed by atoms with Gasteiger partial charge in [-0.1, -0.05) is 24.8 Å². The van der Waals surface area contributed by atoms with Crippen LogP contribution in [0.25, 0.3) is 0 Å². The molecule has 2 amide bonds. The molecule has 0 radical (unpaired) electrons. The monoisotopic (exact) mass is 364 g/mol.